The van der Waals surface area contributed by atoms with Crippen molar-refractivity contribution in [2.75, 3.05) is 13.2 Å². The molecule has 0 aliphatic heterocycles. The molecule has 0 aromatic carbocycles. The number of aliphatic hydroxyl groups excluding tert-OH is 1. The van der Waals surface area contributed by atoms with Gasteiger partial charge in [0.25, 0.3) is 0 Å². The zero-order chi connectivity index (χ0) is 61.2. The maximum Gasteiger partial charge on any atom is 0.306 e. The summed E-state index contributed by atoms with van der Waals surface area (Å²) >= 11 is 0. The highest BCUT2D eigenvalue weighted by Gasteiger charge is 2.16. The van der Waals surface area contributed by atoms with Gasteiger partial charge in [-0.25, -0.2) is 0 Å². The van der Waals surface area contributed by atoms with Gasteiger partial charge in [0.2, 0.25) is 0 Å². The Morgan fingerprint density at radius 1 is 0.282 bits per heavy atom. The van der Waals surface area contributed by atoms with Crippen molar-refractivity contribution in [3.63, 3.8) is 0 Å². The summed E-state index contributed by atoms with van der Waals surface area (Å²) in [5.41, 5.74) is 0. The summed E-state index contributed by atoms with van der Waals surface area (Å²) < 4.78 is 10.8. The van der Waals surface area contributed by atoms with Gasteiger partial charge in [0.1, 0.15) is 6.61 Å². The zero-order valence-electron chi connectivity index (χ0n) is 56.4. The molecule has 0 radical (unpaired) electrons. The number of rotatable bonds is 68. The molecule has 0 fully saturated rings. The van der Waals surface area contributed by atoms with Gasteiger partial charge in [0.05, 0.1) is 6.61 Å². The molecular formula is C80H140O5. The number of hydrogen-bond donors (Lipinski definition) is 1. The number of aliphatic hydroxyl groups is 1. The zero-order valence-corrected chi connectivity index (χ0v) is 56.4. The summed E-state index contributed by atoms with van der Waals surface area (Å²) in [6.45, 7) is 4.07. The largest absolute Gasteiger partial charge is 0.462 e. The maximum atomic E-state index is 12.4. The molecule has 0 amide bonds. The fraction of sp³-hybridized carbons (Fsp3) is 0.750. The first-order valence-corrected chi connectivity index (χ1v) is 36.9. The van der Waals surface area contributed by atoms with Gasteiger partial charge < -0.3 is 14.6 Å². The van der Waals surface area contributed by atoms with Crippen LogP contribution in [0.15, 0.2) is 109 Å². The lowest BCUT2D eigenvalue weighted by Gasteiger charge is -2.15. The summed E-state index contributed by atoms with van der Waals surface area (Å²) in [6.07, 6.45) is 109. The minimum absolute atomic E-state index is 0.0654. The van der Waals surface area contributed by atoms with E-state index < -0.39 is 6.10 Å². The fourth-order valence-electron chi connectivity index (χ4n) is 10.8. The summed E-state index contributed by atoms with van der Waals surface area (Å²) in [6, 6.07) is 0. The van der Waals surface area contributed by atoms with Crippen LogP contribution in [0.2, 0.25) is 0 Å². The number of ether oxygens (including phenoxy) is 2. The van der Waals surface area contributed by atoms with E-state index in [1.165, 1.54) is 244 Å². The molecule has 0 rings (SSSR count). The third kappa shape index (κ3) is 72.9. The topological polar surface area (TPSA) is 72.8 Å². The molecule has 1 unspecified atom stereocenters. The molecule has 490 valence electrons. The summed E-state index contributed by atoms with van der Waals surface area (Å²) in [5, 5.41) is 9.71. The highest BCUT2D eigenvalue weighted by Crippen LogP contribution is 2.19. The summed E-state index contributed by atoms with van der Waals surface area (Å²) in [4.78, 5) is 24.7. The molecule has 0 aliphatic rings. The number of unbranched alkanes of at least 4 members (excludes halogenated alkanes) is 42. The number of carbonyl (C=O) groups is 2. The van der Waals surface area contributed by atoms with Crippen LogP contribution >= 0.6 is 0 Å². The van der Waals surface area contributed by atoms with Crippen LogP contribution in [0.25, 0.3) is 0 Å². The van der Waals surface area contributed by atoms with Crippen molar-refractivity contribution in [1.82, 2.24) is 0 Å². The van der Waals surface area contributed by atoms with Gasteiger partial charge >= 0.3 is 11.9 Å². The van der Waals surface area contributed by atoms with Crippen LogP contribution in [0.4, 0.5) is 0 Å². The van der Waals surface area contributed by atoms with Gasteiger partial charge in [0.15, 0.2) is 6.10 Å². The van der Waals surface area contributed by atoms with Crippen molar-refractivity contribution in [2.24, 2.45) is 0 Å². The van der Waals surface area contributed by atoms with Crippen molar-refractivity contribution in [3.05, 3.63) is 109 Å². The molecular weight excluding hydrogens is 1040 g/mol. The first-order valence-electron chi connectivity index (χ1n) is 36.9. The van der Waals surface area contributed by atoms with Crippen molar-refractivity contribution >= 4 is 11.9 Å². The SMILES string of the molecule is CC/C=C\C/C=C\C/C=C\C/C=C\C/C=C\C/C=C\C/C=C\C/C=C\C/C=C\CCCCCCCCCCCCCCCC(=O)OC(CO)COC(=O)CCCCCCCCCCCCCCCCCCCCCCCCCCCCCCCC. The van der Waals surface area contributed by atoms with Crippen molar-refractivity contribution in [1.29, 1.82) is 0 Å². The quantitative estimate of drug-likeness (QED) is 0.0373. The highest BCUT2D eigenvalue weighted by molar-refractivity contribution is 5.70. The minimum atomic E-state index is -0.777. The monoisotopic (exact) mass is 1180 g/mol. The normalized spacial score (nSPS) is 12.8. The van der Waals surface area contributed by atoms with E-state index in [1.54, 1.807) is 0 Å². The van der Waals surface area contributed by atoms with Crippen molar-refractivity contribution < 1.29 is 24.2 Å². The average Bonchev–Trinajstić information content (AvgIpc) is 3.52. The summed E-state index contributed by atoms with van der Waals surface area (Å²) in [7, 11) is 0. The second-order valence-electron chi connectivity index (χ2n) is 24.7. The number of carbonyl (C=O) groups excluding carboxylic acids is 2. The Labute approximate surface area is 529 Å². The molecule has 0 heterocycles. The molecule has 5 heteroatoms. The molecule has 85 heavy (non-hydrogen) atoms. The number of allylic oxidation sites excluding steroid dienone is 18. The van der Waals surface area contributed by atoms with E-state index in [9.17, 15) is 14.7 Å². The molecule has 0 saturated heterocycles. The van der Waals surface area contributed by atoms with Gasteiger partial charge in [-0.2, -0.15) is 0 Å². The molecule has 0 aromatic rings. The molecule has 1 N–H and O–H groups in total. The maximum absolute atomic E-state index is 12.4. The van der Waals surface area contributed by atoms with E-state index in [2.05, 4.69) is 123 Å². The molecule has 1 atom stereocenters. The van der Waals surface area contributed by atoms with Crippen LogP contribution in [-0.2, 0) is 19.1 Å². The van der Waals surface area contributed by atoms with Crippen molar-refractivity contribution in [2.45, 2.75) is 373 Å². The Hall–Kier alpha value is -3.44. The third-order valence-electron chi connectivity index (χ3n) is 16.3. The van der Waals surface area contributed by atoms with E-state index in [0.717, 1.165) is 96.3 Å². The van der Waals surface area contributed by atoms with Gasteiger partial charge in [-0.15, -0.1) is 0 Å². The predicted molar refractivity (Wildman–Crippen MR) is 375 cm³/mol. The van der Waals surface area contributed by atoms with Crippen LogP contribution in [0, 0.1) is 0 Å². The van der Waals surface area contributed by atoms with Gasteiger partial charge in [0, 0.05) is 12.8 Å². The molecule has 5 nitrogen and oxygen atoms in total. The van der Waals surface area contributed by atoms with E-state index in [1.807, 2.05) is 0 Å². The summed E-state index contributed by atoms with van der Waals surface area (Å²) in [5.74, 6) is -0.578. The lowest BCUT2D eigenvalue weighted by Crippen LogP contribution is -2.28. The van der Waals surface area contributed by atoms with Crippen LogP contribution in [0.3, 0.4) is 0 Å². The van der Waals surface area contributed by atoms with E-state index in [-0.39, 0.29) is 25.2 Å². The Morgan fingerprint density at radius 2 is 0.506 bits per heavy atom. The van der Waals surface area contributed by atoms with Gasteiger partial charge in [-0.1, -0.05) is 380 Å². The Morgan fingerprint density at radius 3 is 0.765 bits per heavy atom. The van der Waals surface area contributed by atoms with Crippen LogP contribution in [0.1, 0.15) is 367 Å². The fourth-order valence-corrected chi connectivity index (χ4v) is 10.8. The molecule has 0 spiro atoms. The Bertz CT molecular complexity index is 1620. The first-order chi connectivity index (χ1) is 42.1. The molecule has 0 aromatic heterocycles. The van der Waals surface area contributed by atoms with Gasteiger partial charge in [-0.05, 0) is 83.5 Å². The molecule has 0 saturated carbocycles. The first kappa shape index (κ1) is 81.6. The average molecular weight is 1180 g/mol. The Kier molecular flexibility index (Phi) is 71.8. The predicted octanol–water partition coefficient (Wildman–Crippen LogP) is 25.9. The Balaban J connectivity index is 3.47. The van der Waals surface area contributed by atoms with Crippen LogP contribution in [0.5, 0.6) is 0 Å². The van der Waals surface area contributed by atoms with Crippen LogP contribution < -0.4 is 0 Å². The second kappa shape index (κ2) is 74.8. The standard InChI is InChI=1S/C80H140O5/c1-3-5-7-9-11-13-15-17-19-21-23-25-27-29-31-33-35-36-37-38-39-40-41-42-43-44-45-47-49-51-53-55-57-59-61-63-65-67-69-71-73-75-80(83)85-78(76-81)77-84-79(82)74-72-70-68-66-64-62-60-58-56-54-52-50-48-46-34-32-30-28-26-24-22-20-18-16-14-12-10-8-6-4-2/h5,7,11,13,17,19,23,25,29,31,35-36,38-39,41-42,44-45,78,81H,3-4,6,8-10,12,14-16,18,20-22,24,26-28,30,32-34,37,40,43,46-77H2,1-2H3/b7-5-,13-11-,19-17-,25-23-,31-29-,36-35-,39-38-,42-41-,45-44-. The van der Waals surface area contributed by atoms with Gasteiger partial charge in [-0.3, -0.25) is 9.59 Å². The molecule has 0 bridgehead atoms. The number of esters is 2. The lowest BCUT2D eigenvalue weighted by atomic mass is 10.0. The van der Waals surface area contributed by atoms with E-state index >= 15 is 0 Å². The third-order valence-corrected chi connectivity index (χ3v) is 16.3. The minimum Gasteiger partial charge on any atom is -0.462 e. The second-order valence-corrected chi connectivity index (χ2v) is 24.7. The van der Waals surface area contributed by atoms with Crippen molar-refractivity contribution in [3.8, 4) is 0 Å². The lowest BCUT2D eigenvalue weighted by molar-refractivity contribution is -0.161. The highest BCUT2D eigenvalue weighted by atomic mass is 16.6. The molecule has 0 aliphatic carbocycles. The smallest absolute Gasteiger partial charge is 0.306 e. The van der Waals surface area contributed by atoms with Crippen LogP contribution in [-0.4, -0.2) is 36.4 Å². The van der Waals surface area contributed by atoms with E-state index in [4.69, 9.17) is 9.47 Å². The van der Waals surface area contributed by atoms with E-state index in [0.29, 0.717) is 12.8 Å². The number of hydrogen-bond acceptors (Lipinski definition) is 5.